The van der Waals surface area contributed by atoms with E-state index in [2.05, 4.69) is 64.5 Å². The summed E-state index contributed by atoms with van der Waals surface area (Å²) in [6.45, 7) is 16.1. The first-order valence-corrected chi connectivity index (χ1v) is 15.5. The lowest BCUT2D eigenvalue weighted by molar-refractivity contribution is -0.128. The van der Waals surface area contributed by atoms with Crippen LogP contribution in [0.4, 0.5) is 11.5 Å². The Morgan fingerprint density at radius 2 is 2.00 bits per heavy atom. The Morgan fingerprint density at radius 3 is 2.77 bits per heavy atom. The molecule has 230 valence electrons. The minimum atomic E-state index is -0.254. The standard InChI is InChI=1S/C33H38ClN7O3/c1-5-30(42)41-15-14-40(17-24(41)16-35-2)32-25-12-13-39(28-11-7-9-22-8-6-10-26(34)31(22)28)18-27(25)36-33(37-32)44-20-23-19-43-21-29(23)38(3)4/h5-11,23-24,29H,1,12-21H2,3-4H3/t23-,24?,29-/m0/s1. The summed E-state index contributed by atoms with van der Waals surface area (Å²) in [5, 5.41) is 2.86. The number of benzene rings is 2. The number of piperazine rings is 1. The van der Waals surface area contributed by atoms with Crippen molar-refractivity contribution in [2.45, 2.75) is 25.0 Å². The quantitative estimate of drug-likeness (QED) is 0.279. The Kier molecular flexibility index (Phi) is 8.89. The fraction of sp³-hybridized carbons (Fsp3) is 0.455. The van der Waals surface area contributed by atoms with Crippen LogP contribution in [0.15, 0.2) is 49.1 Å². The molecule has 3 aliphatic heterocycles. The van der Waals surface area contributed by atoms with Gasteiger partial charge in [0.25, 0.3) is 0 Å². The van der Waals surface area contributed by atoms with E-state index in [1.807, 2.05) is 12.1 Å². The van der Waals surface area contributed by atoms with Crippen molar-refractivity contribution < 1.29 is 14.3 Å². The summed E-state index contributed by atoms with van der Waals surface area (Å²) >= 11 is 6.71. The van der Waals surface area contributed by atoms with Crippen LogP contribution < -0.4 is 14.5 Å². The molecule has 11 heteroatoms. The number of carbonyl (C=O) groups is 1. The third-order valence-electron chi connectivity index (χ3n) is 8.99. The number of aromatic nitrogens is 2. The van der Waals surface area contributed by atoms with E-state index in [0.29, 0.717) is 52.0 Å². The molecule has 0 radical (unpaired) electrons. The van der Waals surface area contributed by atoms with Gasteiger partial charge in [-0.05, 0) is 44.1 Å². The fourth-order valence-corrected chi connectivity index (χ4v) is 6.95. The van der Waals surface area contributed by atoms with Crippen molar-refractivity contribution in [3.63, 3.8) is 0 Å². The Morgan fingerprint density at radius 1 is 1.18 bits per heavy atom. The van der Waals surface area contributed by atoms with Crippen LogP contribution in [0.3, 0.4) is 0 Å². The SMILES string of the molecule is [C-]#[N+]CC1CN(c2nc(OC[C@@H]3COC[C@@H]3N(C)C)nc3c2CCN(c2cccc4cccc(Cl)c24)C3)CCN1C(=O)C=C. The van der Waals surface area contributed by atoms with Gasteiger partial charge in [-0.2, -0.15) is 9.97 Å². The van der Waals surface area contributed by atoms with Crippen LogP contribution in [0.2, 0.25) is 5.02 Å². The largest absolute Gasteiger partial charge is 0.463 e. The third-order valence-corrected chi connectivity index (χ3v) is 9.31. The number of rotatable bonds is 8. The molecule has 3 aliphatic rings. The number of hydrogen-bond acceptors (Lipinski definition) is 8. The predicted octanol–water partition coefficient (Wildman–Crippen LogP) is 3.92. The average Bonchev–Trinajstić information content (AvgIpc) is 3.52. The minimum absolute atomic E-state index is 0.148. The highest BCUT2D eigenvalue weighted by Gasteiger charge is 2.35. The van der Waals surface area contributed by atoms with Crippen molar-refractivity contribution in [2.24, 2.45) is 5.92 Å². The van der Waals surface area contributed by atoms with E-state index in [4.69, 9.17) is 37.6 Å². The maximum absolute atomic E-state index is 12.6. The maximum atomic E-state index is 12.6. The number of likely N-dealkylation sites (N-methyl/N-ethyl adjacent to an activating group) is 1. The molecule has 0 aliphatic carbocycles. The fourth-order valence-electron chi connectivity index (χ4n) is 6.68. The van der Waals surface area contributed by atoms with Crippen molar-refractivity contribution in [2.75, 3.05) is 76.4 Å². The molecule has 6 rings (SSSR count). The van der Waals surface area contributed by atoms with Crippen molar-refractivity contribution >= 4 is 39.8 Å². The summed E-state index contributed by atoms with van der Waals surface area (Å²) in [4.78, 5) is 34.6. The van der Waals surface area contributed by atoms with E-state index >= 15 is 0 Å². The molecule has 44 heavy (non-hydrogen) atoms. The Labute approximate surface area is 263 Å². The highest BCUT2D eigenvalue weighted by atomic mass is 35.5. The second-order valence-corrected chi connectivity index (χ2v) is 12.3. The van der Waals surface area contributed by atoms with Gasteiger partial charge in [0.15, 0.2) is 0 Å². The molecular formula is C33H38ClN7O3. The van der Waals surface area contributed by atoms with Crippen LogP contribution in [0.25, 0.3) is 15.6 Å². The molecule has 1 unspecified atom stereocenters. The van der Waals surface area contributed by atoms with Crippen LogP contribution in [0.1, 0.15) is 11.3 Å². The summed E-state index contributed by atoms with van der Waals surface area (Å²) in [5.41, 5.74) is 3.07. The summed E-state index contributed by atoms with van der Waals surface area (Å²) in [5.74, 6) is 0.887. The van der Waals surface area contributed by atoms with E-state index in [1.165, 1.54) is 6.08 Å². The molecule has 1 aromatic heterocycles. The Balaban J connectivity index is 1.34. The molecule has 10 nitrogen and oxygen atoms in total. The number of fused-ring (bicyclic) bond motifs is 2. The summed E-state index contributed by atoms with van der Waals surface area (Å²) < 4.78 is 12.1. The number of amides is 1. The van der Waals surface area contributed by atoms with Gasteiger partial charge in [0.2, 0.25) is 12.5 Å². The lowest BCUT2D eigenvalue weighted by atomic mass is 10.0. The normalized spacial score (nSPS) is 21.8. The maximum Gasteiger partial charge on any atom is 0.318 e. The van der Waals surface area contributed by atoms with Crippen molar-refractivity contribution in [3.8, 4) is 6.01 Å². The van der Waals surface area contributed by atoms with Gasteiger partial charge in [-0.3, -0.25) is 4.79 Å². The zero-order valence-corrected chi connectivity index (χ0v) is 26.0. The summed E-state index contributed by atoms with van der Waals surface area (Å²) in [6.07, 6.45) is 2.07. The molecule has 2 fully saturated rings. The van der Waals surface area contributed by atoms with Crippen molar-refractivity contribution in [1.29, 1.82) is 0 Å². The van der Waals surface area contributed by atoms with Crippen LogP contribution in [-0.2, 0) is 22.5 Å². The highest BCUT2D eigenvalue weighted by Crippen LogP contribution is 2.37. The first-order chi connectivity index (χ1) is 21.4. The van der Waals surface area contributed by atoms with Gasteiger partial charge in [-0.25, -0.2) is 6.57 Å². The van der Waals surface area contributed by atoms with Gasteiger partial charge >= 0.3 is 6.01 Å². The lowest BCUT2D eigenvalue weighted by Crippen LogP contribution is -2.56. The minimum Gasteiger partial charge on any atom is -0.463 e. The van der Waals surface area contributed by atoms with Crippen molar-refractivity contribution in [3.05, 3.63) is 76.8 Å². The van der Waals surface area contributed by atoms with E-state index < -0.39 is 0 Å². The second kappa shape index (κ2) is 13.0. The summed E-state index contributed by atoms with van der Waals surface area (Å²) in [7, 11) is 4.12. The first kappa shape index (κ1) is 30.1. The second-order valence-electron chi connectivity index (χ2n) is 11.9. The van der Waals surface area contributed by atoms with Crippen LogP contribution in [0, 0.1) is 12.5 Å². The number of nitrogens with zero attached hydrogens (tertiary/aromatic N) is 7. The van der Waals surface area contributed by atoms with Gasteiger partial charge in [0.1, 0.15) is 11.9 Å². The van der Waals surface area contributed by atoms with E-state index in [9.17, 15) is 4.79 Å². The molecule has 0 bridgehead atoms. The number of anilines is 2. The lowest BCUT2D eigenvalue weighted by Gasteiger charge is -2.41. The monoisotopic (exact) mass is 615 g/mol. The topological polar surface area (TPSA) is 78.6 Å². The zero-order chi connectivity index (χ0) is 30.8. The summed E-state index contributed by atoms with van der Waals surface area (Å²) in [6, 6.07) is 12.6. The van der Waals surface area contributed by atoms with Crippen LogP contribution in [-0.4, -0.2) is 104 Å². The average molecular weight is 616 g/mol. The van der Waals surface area contributed by atoms with Gasteiger partial charge in [0, 0.05) is 54.8 Å². The smallest absolute Gasteiger partial charge is 0.318 e. The molecule has 0 spiro atoms. The molecule has 2 aromatic carbocycles. The number of ether oxygens (including phenoxy) is 2. The molecule has 1 amide bonds. The number of halogens is 1. The Bertz CT molecular complexity index is 1590. The number of hydrogen-bond donors (Lipinski definition) is 0. The molecule has 3 aromatic rings. The van der Waals surface area contributed by atoms with Crippen LogP contribution in [0.5, 0.6) is 6.01 Å². The first-order valence-electron chi connectivity index (χ1n) is 15.1. The molecule has 4 heterocycles. The molecule has 0 saturated carbocycles. The molecule has 0 N–H and O–H groups in total. The molecule has 2 saturated heterocycles. The Hall–Kier alpha value is -3.91. The van der Waals surface area contributed by atoms with E-state index in [-0.39, 0.29) is 30.5 Å². The van der Waals surface area contributed by atoms with Crippen molar-refractivity contribution in [1.82, 2.24) is 19.8 Å². The van der Waals surface area contributed by atoms with Gasteiger partial charge in [-0.1, -0.05) is 42.4 Å². The molecular weight excluding hydrogens is 578 g/mol. The number of carbonyl (C=O) groups excluding carboxylic acids is 1. The van der Waals surface area contributed by atoms with E-state index in [1.54, 1.807) is 4.90 Å². The molecule has 3 atom stereocenters. The highest BCUT2D eigenvalue weighted by molar-refractivity contribution is 6.36. The third kappa shape index (κ3) is 5.92. The van der Waals surface area contributed by atoms with Gasteiger partial charge in [0.05, 0.1) is 37.1 Å². The zero-order valence-electron chi connectivity index (χ0n) is 25.3. The predicted molar refractivity (Wildman–Crippen MR) is 172 cm³/mol. The van der Waals surface area contributed by atoms with E-state index in [0.717, 1.165) is 51.5 Å². The van der Waals surface area contributed by atoms with Crippen LogP contribution >= 0.6 is 11.6 Å². The van der Waals surface area contributed by atoms with Gasteiger partial charge in [-0.15, -0.1) is 0 Å². The van der Waals surface area contributed by atoms with Gasteiger partial charge < -0.3 is 33.9 Å².